The molecular weight excluding hydrogens is 391 g/mol. The van der Waals surface area contributed by atoms with Crippen molar-refractivity contribution in [2.75, 3.05) is 18.5 Å². The van der Waals surface area contributed by atoms with Crippen LogP contribution in [0.5, 0.6) is 0 Å². The molecule has 1 aliphatic rings. The van der Waals surface area contributed by atoms with E-state index in [1.165, 1.54) is 4.90 Å². The van der Waals surface area contributed by atoms with E-state index in [4.69, 9.17) is 21.1 Å². The van der Waals surface area contributed by atoms with Crippen LogP contribution in [0.25, 0.3) is 0 Å². The molecule has 0 spiro atoms. The molecule has 0 aromatic heterocycles. The third kappa shape index (κ3) is 5.10. The number of carbonyl (C=O) groups is 2. The van der Waals surface area contributed by atoms with Gasteiger partial charge in [0, 0.05) is 13.2 Å². The number of rotatable bonds is 5. The molecule has 1 aromatic rings. The number of anilines is 1. The molecule has 1 heterocycles. The lowest BCUT2D eigenvalue weighted by Crippen LogP contribution is -2.48. The molecule has 0 bridgehead atoms. The van der Waals surface area contributed by atoms with Crippen molar-refractivity contribution in [2.45, 2.75) is 45.9 Å². The number of carbonyl (C=O) groups excluding carboxylic acids is 3. The first-order chi connectivity index (χ1) is 13.3. The van der Waals surface area contributed by atoms with Crippen LogP contribution in [0.15, 0.2) is 17.7 Å². The van der Waals surface area contributed by atoms with Crippen molar-refractivity contribution in [3.8, 4) is 0 Å². The van der Waals surface area contributed by atoms with Gasteiger partial charge in [-0.1, -0.05) is 11.6 Å². The Kier molecular flexibility index (Phi) is 7.57. The molecule has 2 rings (SSSR count). The maximum atomic E-state index is 14.3. The fraction of sp³-hybridized carbons (Fsp3) is 0.474. The normalized spacial score (nSPS) is 16.7. The predicted molar refractivity (Wildman–Crippen MR) is 102 cm³/mol. The minimum Gasteiger partial charge on any atom is -0.459 e. The molecule has 1 aromatic carbocycles. The van der Waals surface area contributed by atoms with Crippen LogP contribution in [0, 0.1) is 5.82 Å². The highest BCUT2D eigenvalue weighted by molar-refractivity contribution is 6.33. The molecule has 0 radical (unpaired) electrons. The second-order valence-electron chi connectivity index (χ2n) is 6.43. The minimum absolute atomic E-state index is 0.0689. The number of hydrogen-bond donors (Lipinski definition) is 1. The molecule has 0 aliphatic carbocycles. The summed E-state index contributed by atoms with van der Waals surface area (Å²) in [5.74, 6) is 0.276. The molecule has 28 heavy (non-hydrogen) atoms. The van der Waals surface area contributed by atoms with E-state index in [0.29, 0.717) is 25.0 Å². The Morgan fingerprint density at radius 2 is 2.14 bits per heavy atom. The zero-order valence-corrected chi connectivity index (χ0v) is 16.6. The number of nitrogens with zero attached hydrogens (tertiary/aromatic N) is 1. The Labute approximate surface area is 167 Å². The zero-order valence-electron chi connectivity index (χ0n) is 15.9. The summed E-state index contributed by atoms with van der Waals surface area (Å²) in [5.41, 5.74) is 0.0177. The molecule has 1 saturated heterocycles. The third-order valence-electron chi connectivity index (χ3n) is 4.00. The van der Waals surface area contributed by atoms with Crippen LogP contribution in [-0.4, -0.2) is 48.3 Å². The number of esters is 1. The number of ether oxygens (including phenoxy) is 2. The second-order valence-corrected chi connectivity index (χ2v) is 6.84. The lowest BCUT2D eigenvalue weighted by molar-refractivity contribution is -0.0158. The van der Waals surface area contributed by atoms with Gasteiger partial charge in [0.25, 0.3) is 0 Å². The summed E-state index contributed by atoms with van der Waals surface area (Å²) in [7, 11) is 0. The lowest BCUT2D eigenvalue weighted by Gasteiger charge is -2.35. The Morgan fingerprint density at radius 1 is 1.43 bits per heavy atom. The maximum absolute atomic E-state index is 14.3. The summed E-state index contributed by atoms with van der Waals surface area (Å²) >= 11 is 5.94. The third-order valence-corrected chi connectivity index (χ3v) is 4.32. The predicted octanol–water partition coefficient (Wildman–Crippen LogP) is 3.79. The molecule has 2 amide bonds. The number of hydrogen-bond acceptors (Lipinski definition) is 5. The standard InChI is InChI=1S/C19H22ClFN2O5/c1-4-27-17-12(10-24)6-5-7-23(17)19(26)22-16-8-13(14(20)9-15(16)21)18(25)28-11(2)3/h8-9,11,17H,4-7H2,1-3H3,(H,22,26). The minimum atomic E-state index is -0.864. The summed E-state index contributed by atoms with van der Waals surface area (Å²) in [4.78, 5) is 37.2. The fourth-order valence-corrected chi connectivity index (χ4v) is 3.02. The number of halogens is 2. The van der Waals surface area contributed by atoms with E-state index in [2.05, 4.69) is 5.32 Å². The van der Waals surface area contributed by atoms with Crippen LogP contribution in [0.2, 0.25) is 5.02 Å². The average molecular weight is 413 g/mol. The first kappa shape index (κ1) is 21.9. The summed E-state index contributed by atoms with van der Waals surface area (Å²) in [6, 6.07) is 1.38. The van der Waals surface area contributed by atoms with Crippen molar-refractivity contribution < 1.29 is 28.2 Å². The SMILES string of the molecule is CCOC1C(=C=O)CCCN1C(=O)Nc1cc(C(=O)OC(C)C)c(Cl)cc1F. The van der Waals surface area contributed by atoms with E-state index in [0.717, 1.165) is 12.1 Å². The highest BCUT2D eigenvalue weighted by Gasteiger charge is 2.32. The van der Waals surface area contributed by atoms with Gasteiger partial charge in [-0.25, -0.2) is 18.8 Å². The molecule has 1 aliphatic heterocycles. The maximum Gasteiger partial charge on any atom is 0.339 e. The fourth-order valence-electron chi connectivity index (χ4n) is 2.79. The van der Waals surface area contributed by atoms with Crippen LogP contribution in [0.4, 0.5) is 14.9 Å². The summed E-state index contributed by atoms with van der Waals surface area (Å²) in [6.45, 7) is 5.67. The monoisotopic (exact) mass is 412 g/mol. The van der Waals surface area contributed by atoms with Gasteiger partial charge < -0.3 is 14.8 Å². The van der Waals surface area contributed by atoms with Gasteiger partial charge in [0.2, 0.25) is 0 Å². The number of urea groups is 1. The van der Waals surface area contributed by atoms with E-state index in [1.54, 1.807) is 20.8 Å². The molecule has 152 valence electrons. The van der Waals surface area contributed by atoms with Crippen molar-refractivity contribution in [1.82, 2.24) is 4.90 Å². The summed E-state index contributed by atoms with van der Waals surface area (Å²) < 4.78 is 24.9. The number of benzene rings is 1. The van der Waals surface area contributed by atoms with Gasteiger partial charge in [-0.3, -0.25) is 4.90 Å². The Balaban J connectivity index is 2.27. The van der Waals surface area contributed by atoms with Gasteiger partial charge in [0.15, 0.2) is 6.23 Å². The van der Waals surface area contributed by atoms with Crippen LogP contribution < -0.4 is 5.32 Å². The van der Waals surface area contributed by atoms with E-state index in [1.807, 2.05) is 5.94 Å². The Morgan fingerprint density at radius 3 is 2.75 bits per heavy atom. The highest BCUT2D eigenvalue weighted by atomic mass is 35.5. The molecule has 1 atom stereocenters. The Hall–Kier alpha value is -2.41. The van der Waals surface area contributed by atoms with Gasteiger partial charge in [-0.15, -0.1) is 0 Å². The molecular formula is C19H22ClFN2O5. The summed E-state index contributed by atoms with van der Waals surface area (Å²) in [5, 5.41) is 2.28. The van der Waals surface area contributed by atoms with Crippen molar-refractivity contribution in [3.63, 3.8) is 0 Å². The van der Waals surface area contributed by atoms with E-state index < -0.39 is 24.0 Å². The van der Waals surface area contributed by atoms with Crippen LogP contribution in [0.3, 0.4) is 0 Å². The Bertz CT molecular complexity index is 808. The van der Waals surface area contributed by atoms with Gasteiger partial charge in [0.05, 0.1) is 28.0 Å². The lowest BCUT2D eigenvalue weighted by atomic mass is 10.0. The van der Waals surface area contributed by atoms with E-state index in [-0.39, 0.29) is 29.0 Å². The number of piperidine rings is 1. The first-order valence-corrected chi connectivity index (χ1v) is 9.29. The van der Waals surface area contributed by atoms with E-state index >= 15 is 0 Å². The quantitative estimate of drug-likeness (QED) is 0.587. The largest absolute Gasteiger partial charge is 0.459 e. The molecule has 1 unspecified atom stereocenters. The van der Waals surface area contributed by atoms with Gasteiger partial charge in [-0.05, 0) is 45.7 Å². The van der Waals surface area contributed by atoms with Gasteiger partial charge >= 0.3 is 12.0 Å². The van der Waals surface area contributed by atoms with Gasteiger partial charge in [-0.2, -0.15) is 0 Å². The van der Waals surface area contributed by atoms with Crippen molar-refractivity contribution in [2.24, 2.45) is 0 Å². The number of likely N-dealkylation sites (tertiary alicyclic amines) is 1. The molecule has 9 heteroatoms. The summed E-state index contributed by atoms with van der Waals surface area (Å²) in [6.07, 6.45) is -0.229. The van der Waals surface area contributed by atoms with Crippen molar-refractivity contribution in [1.29, 1.82) is 0 Å². The molecule has 1 fully saturated rings. The average Bonchev–Trinajstić information content (AvgIpc) is 2.63. The molecule has 7 nitrogen and oxygen atoms in total. The second kappa shape index (κ2) is 9.68. The molecule has 0 saturated carbocycles. The number of amides is 2. The van der Waals surface area contributed by atoms with Crippen molar-refractivity contribution >= 4 is 35.2 Å². The first-order valence-electron chi connectivity index (χ1n) is 8.91. The van der Waals surface area contributed by atoms with Crippen molar-refractivity contribution in [3.05, 3.63) is 34.1 Å². The van der Waals surface area contributed by atoms with Crippen LogP contribution >= 0.6 is 11.6 Å². The van der Waals surface area contributed by atoms with Gasteiger partial charge in [0.1, 0.15) is 11.8 Å². The highest BCUT2D eigenvalue weighted by Crippen LogP contribution is 2.27. The topological polar surface area (TPSA) is 84.9 Å². The van der Waals surface area contributed by atoms with Crippen LogP contribution in [0.1, 0.15) is 44.0 Å². The molecule has 1 N–H and O–H groups in total. The number of nitrogens with one attached hydrogen (secondary N) is 1. The van der Waals surface area contributed by atoms with E-state index in [9.17, 15) is 18.8 Å². The van der Waals surface area contributed by atoms with Crippen LogP contribution in [-0.2, 0) is 14.3 Å². The zero-order chi connectivity index (χ0) is 20.8. The smallest absolute Gasteiger partial charge is 0.339 e.